The second-order valence-electron chi connectivity index (χ2n) is 17.8. The number of rotatable bonds is 12. The average Bonchev–Trinajstić information content (AvgIpc) is 3.60. The van der Waals surface area contributed by atoms with Gasteiger partial charge in [0.15, 0.2) is 18.2 Å². The molecule has 4 aromatic rings. The van der Waals surface area contributed by atoms with Gasteiger partial charge < -0.3 is 39.4 Å². The molecule has 2 aromatic heterocycles. The highest BCUT2D eigenvalue weighted by molar-refractivity contribution is 6.33. The first-order chi connectivity index (χ1) is 30.8. The summed E-state index contributed by atoms with van der Waals surface area (Å²) >= 11 is 6.60. The Bertz CT molecular complexity index is 2550. The summed E-state index contributed by atoms with van der Waals surface area (Å²) in [6.45, 7) is 11.2. The van der Waals surface area contributed by atoms with Crippen LogP contribution in [0.1, 0.15) is 79.9 Å². The number of likely N-dealkylation sites (N-methyl/N-ethyl adjacent to an activating group) is 1. The highest BCUT2D eigenvalue weighted by Gasteiger charge is 2.41. The number of amides is 4. The lowest BCUT2D eigenvalue weighted by atomic mass is 9.87. The Kier molecular flexibility index (Phi) is 12.2. The Morgan fingerprint density at radius 2 is 1.72 bits per heavy atom. The summed E-state index contributed by atoms with van der Waals surface area (Å²) in [4.78, 5) is 80.9. The van der Waals surface area contributed by atoms with E-state index in [0.29, 0.717) is 47.0 Å². The molecular weight excluding hydrogens is 840 g/mol. The smallest absolute Gasteiger partial charge is 0.293 e. The van der Waals surface area contributed by atoms with Crippen LogP contribution < -0.4 is 36.0 Å². The van der Waals surface area contributed by atoms with Crippen LogP contribution in [-0.2, 0) is 25.7 Å². The molecule has 17 nitrogen and oxygen atoms in total. The van der Waals surface area contributed by atoms with Crippen LogP contribution in [0.15, 0.2) is 47.4 Å². The van der Waals surface area contributed by atoms with Crippen LogP contribution in [0.3, 0.4) is 0 Å². The Balaban J connectivity index is 0.745. The minimum absolute atomic E-state index is 0.0940. The number of pyridine rings is 1. The van der Waals surface area contributed by atoms with Gasteiger partial charge in [-0.1, -0.05) is 11.6 Å². The molecule has 3 N–H and O–H groups in total. The number of aryl methyl sites for hydroxylation is 1. The number of hydrogen-bond acceptors (Lipinski definition) is 13. The third-order valence-corrected chi connectivity index (χ3v) is 13.6. The Hall–Kier alpha value is -5.78. The second-order valence-corrected chi connectivity index (χ2v) is 18.2. The van der Waals surface area contributed by atoms with E-state index < -0.39 is 6.04 Å². The maximum atomic E-state index is 13.4. The summed E-state index contributed by atoms with van der Waals surface area (Å²) in [6.07, 6.45) is 6.44. The first-order valence-electron chi connectivity index (χ1n) is 22.3. The van der Waals surface area contributed by atoms with Crippen molar-refractivity contribution in [1.82, 2.24) is 35.0 Å². The van der Waals surface area contributed by atoms with Gasteiger partial charge in [0, 0.05) is 93.7 Å². The zero-order valence-corrected chi connectivity index (χ0v) is 37.4. The van der Waals surface area contributed by atoms with Crippen molar-refractivity contribution in [3.05, 3.63) is 74.7 Å². The first-order valence-corrected chi connectivity index (χ1v) is 22.7. The van der Waals surface area contributed by atoms with Crippen LogP contribution in [0.25, 0.3) is 10.9 Å². The lowest BCUT2D eigenvalue weighted by Crippen LogP contribution is -2.56. The number of carbonyl (C=O) groups is 4. The van der Waals surface area contributed by atoms with Crippen molar-refractivity contribution < 1.29 is 28.7 Å². The number of ether oxygens (including phenoxy) is 2. The van der Waals surface area contributed by atoms with Gasteiger partial charge in [0.05, 0.1) is 23.9 Å². The summed E-state index contributed by atoms with van der Waals surface area (Å²) < 4.78 is 13.9. The molecule has 6 heterocycles. The molecule has 338 valence electrons. The summed E-state index contributed by atoms with van der Waals surface area (Å²) in [5.74, 6) is 0.0163. The predicted molar refractivity (Wildman–Crippen MR) is 243 cm³/mol. The molecule has 1 atom stereocenters. The first kappa shape index (κ1) is 43.5. The number of imide groups is 1. The summed E-state index contributed by atoms with van der Waals surface area (Å²) in [6, 6.07) is 11.3. The Morgan fingerprint density at radius 1 is 0.953 bits per heavy atom. The van der Waals surface area contributed by atoms with Gasteiger partial charge >= 0.3 is 0 Å². The standard InChI is InChI=1S/C46H55ClN10O7/c1-26(2)57-36-6-5-30(18-28(36)20-38(44(57)61)63-25-40(59)48-4)50-42-35(47)23-49-46(52-42)55-11-9-33(10-12-55)64-34-21-32(22-34)54-15-13-53(14-16-54)31-17-27(3)41-29(19-31)24-56(45(41)62)37-7-8-39(58)51-43(37)60/h5-6,17-20,23,26,32-34,37H,7-16,21-22,24-25H2,1-4H3,(H,48,59)(H,49,50,52)(H,51,58,60). The minimum Gasteiger partial charge on any atom is -0.478 e. The number of hydrogen-bond donors (Lipinski definition) is 3. The van der Waals surface area contributed by atoms with Gasteiger partial charge in [-0.3, -0.25) is 34.2 Å². The fourth-order valence-electron chi connectivity index (χ4n) is 9.80. The molecule has 18 heteroatoms. The molecule has 1 saturated carbocycles. The Labute approximate surface area is 376 Å². The molecule has 4 aliphatic heterocycles. The van der Waals surface area contributed by atoms with Crippen LogP contribution >= 0.6 is 11.6 Å². The molecule has 4 fully saturated rings. The van der Waals surface area contributed by atoms with Crippen molar-refractivity contribution in [2.75, 3.05) is 68.0 Å². The molecule has 1 aliphatic carbocycles. The lowest BCUT2D eigenvalue weighted by molar-refractivity contribution is -0.137. The van der Waals surface area contributed by atoms with Crippen molar-refractivity contribution >= 4 is 69.3 Å². The van der Waals surface area contributed by atoms with E-state index in [0.717, 1.165) is 92.7 Å². The van der Waals surface area contributed by atoms with E-state index in [1.54, 1.807) is 21.7 Å². The molecule has 0 spiro atoms. The fourth-order valence-corrected chi connectivity index (χ4v) is 9.94. The quantitative estimate of drug-likeness (QED) is 0.171. The van der Waals surface area contributed by atoms with Gasteiger partial charge in [0.1, 0.15) is 11.1 Å². The van der Waals surface area contributed by atoms with Gasteiger partial charge in [0.2, 0.25) is 17.8 Å². The van der Waals surface area contributed by atoms with E-state index in [9.17, 15) is 24.0 Å². The van der Waals surface area contributed by atoms with Crippen LogP contribution in [0.5, 0.6) is 5.75 Å². The van der Waals surface area contributed by atoms with Crippen LogP contribution in [-0.4, -0.2) is 125 Å². The Morgan fingerprint density at radius 3 is 2.44 bits per heavy atom. The van der Waals surface area contributed by atoms with Gasteiger partial charge in [-0.2, -0.15) is 4.98 Å². The molecule has 5 aliphatic rings. The van der Waals surface area contributed by atoms with E-state index in [1.807, 2.05) is 39.0 Å². The molecule has 4 amide bonds. The van der Waals surface area contributed by atoms with Crippen LogP contribution in [0.4, 0.5) is 23.1 Å². The molecular formula is C46H55ClN10O7. The van der Waals surface area contributed by atoms with Crippen molar-refractivity contribution in [3.63, 3.8) is 0 Å². The molecule has 9 rings (SSSR count). The molecule has 2 aromatic carbocycles. The number of nitrogens with one attached hydrogen (secondary N) is 3. The maximum Gasteiger partial charge on any atom is 0.293 e. The molecule has 1 unspecified atom stereocenters. The number of anilines is 4. The zero-order valence-electron chi connectivity index (χ0n) is 36.7. The average molecular weight is 895 g/mol. The predicted octanol–water partition coefficient (Wildman–Crippen LogP) is 4.30. The summed E-state index contributed by atoms with van der Waals surface area (Å²) in [7, 11) is 1.52. The van der Waals surface area contributed by atoms with Gasteiger partial charge in [-0.05, 0) is 100 Å². The number of fused-ring (bicyclic) bond motifs is 2. The molecule has 3 saturated heterocycles. The van der Waals surface area contributed by atoms with E-state index in [1.165, 1.54) is 7.05 Å². The minimum atomic E-state index is -0.616. The monoisotopic (exact) mass is 894 g/mol. The summed E-state index contributed by atoms with van der Waals surface area (Å²) in [5.41, 5.74) is 4.81. The second kappa shape index (κ2) is 18.0. The van der Waals surface area contributed by atoms with Crippen LogP contribution in [0, 0.1) is 6.92 Å². The lowest BCUT2D eigenvalue weighted by Gasteiger charge is -2.47. The molecule has 0 radical (unpaired) electrons. The van der Waals surface area contributed by atoms with E-state index in [2.05, 4.69) is 47.8 Å². The van der Waals surface area contributed by atoms with Crippen molar-refractivity contribution in [1.29, 1.82) is 0 Å². The molecule has 64 heavy (non-hydrogen) atoms. The van der Waals surface area contributed by atoms with Crippen LogP contribution in [0.2, 0.25) is 5.02 Å². The number of aromatic nitrogens is 3. The number of halogens is 1. The normalized spacial score (nSPS) is 21.9. The SMILES string of the molecule is CNC(=O)COc1cc2cc(Nc3nc(N4CCC(OC5CC(N6CCN(c7cc(C)c8c(c7)CN(C7CCC(=O)NC7=O)C8=O)CC6)C5)CC4)ncc3Cl)ccc2n(C(C)C)c1=O. The highest BCUT2D eigenvalue weighted by Crippen LogP contribution is 2.36. The maximum absolute atomic E-state index is 13.4. The largest absolute Gasteiger partial charge is 0.478 e. The number of carbonyl (C=O) groups excluding carboxylic acids is 4. The number of piperidine rings is 2. The van der Waals surface area contributed by atoms with Crippen molar-refractivity contribution in [3.8, 4) is 5.75 Å². The summed E-state index contributed by atoms with van der Waals surface area (Å²) in [5, 5.41) is 9.36. The highest BCUT2D eigenvalue weighted by atomic mass is 35.5. The van der Waals surface area contributed by atoms with Gasteiger partial charge in [-0.15, -0.1) is 0 Å². The van der Waals surface area contributed by atoms with Crippen molar-refractivity contribution in [2.24, 2.45) is 0 Å². The van der Waals surface area contributed by atoms with Gasteiger partial charge in [0.25, 0.3) is 17.4 Å². The third kappa shape index (κ3) is 8.72. The number of nitrogens with zero attached hydrogens (tertiary/aromatic N) is 7. The number of benzene rings is 2. The van der Waals surface area contributed by atoms with Crippen molar-refractivity contribution in [2.45, 2.75) is 96.2 Å². The van der Waals surface area contributed by atoms with E-state index >= 15 is 0 Å². The topological polar surface area (TPSA) is 184 Å². The van der Waals surface area contributed by atoms with E-state index in [4.69, 9.17) is 26.1 Å². The number of piperazine rings is 1. The fraction of sp³-hybridized carbons (Fsp3) is 0.500. The van der Waals surface area contributed by atoms with E-state index in [-0.39, 0.29) is 66.2 Å². The van der Waals surface area contributed by atoms with Gasteiger partial charge in [-0.25, -0.2) is 4.98 Å². The zero-order chi connectivity index (χ0) is 44.8. The third-order valence-electron chi connectivity index (χ3n) is 13.3. The molecule has 0 bridgehead atoms.